The maximum Gasteiger partial charge on any atom is 0.245 e. The normalized spacial score (nSPS) is 24.7. The van der Waals surface area contributed by atoms with Crippen LogP contribution in [-0.2, 0) is 9.59 Å². The summed E-state index contributed by atoms with van der Waals surface area (Å²) in [6.07, 6.45) is 2.43. The van der Waals surface area contributed by atoms with Crippen molar-refractivity contribution in [1.82, 2.24) is 10.2 Å². The quantitative estimate of drug-likeness (QED) is 0.927. The van der Waals surface area contributed by atoms with Gasteiger partial charge in [0.05, 0.1) is 6.04 Å². The number of aryl methyl sites for hydroxylation is 2. The van der Waals surface area contributed by atoms with E-state index in [1.807, 2.05) is 31.7 Å². The molecule has 2 atom stereocenters. The Morgan fingerprint density at radius 1 is 1.33 bits per heavy atom. The van der Waals surface area contributed by atoms with Crippen LogP contribution in [0.15, 0.2) is 10.5 Å². The van der Waals surface area contributed by atoms with Gasteiger partial charge in [-0.15, -0.1) is 0 Å². The summed E-state index contributed by atoms with van der Waals surface area (Å²) in [6.45, 7) is 6.31. The van der Waals surface area contributed by atoms with Crippen molar-refractivity contribution in [3.05, 3.63) is 23.2 Å². The molecule has 0 bridgehead atoms. The van der Waals surface area contributed by atoms with Crippen molar-refractivity contribution < 1.29 is 14.0 Å². The van der Waals surface area contributed by atoms with Gasteiger partial charge in [-0.3, -0.25) is 9.59 Å². The van der Waals surface area contributed by atoms with E-state index in [0.29, 0.717) is 18.9 Å². The largest absolute Gasteiger partial charge is 0.466 e. The van der Waals surface area contributed by atoms with E-state index < -0.39 is 0 Å². The molecule has 1 aromatic heterocycles. The molecule has 3 rings (SSSR count). The summed E-state index contributed by atoms with van der Waals surface area (Å²) in [5.74, 6) is 2.05. The molecule has 1 saturated heterocycles. The predicted octanol–water partition coefficient (Wildman–Crippen LogP) is 2.08. The van der Waals surface area contributed by atoms with Crippen LogP contribution in [0.5, 0.6) is 0 Å². The first-order valence-corrected chi connectivity index (χ1v) is 7.64. The summed E-state index contributed by atoms with van der Waals surface area (Å²) in [5, 5.41) is 2.89. The molecule has 2 amide bonds. The highest BCUT2D eigenvalue weighted by Crippen LogP contribution is 2.36. The minimum Gasteiger partial charge on any atom is -0.466 e. The fraction of sp³-hybridized carbons (Fsp3) is 0.625. The van der Waals surface area contributed by atoms with Crippen LogP contribution in [0.2, 0.25) is 0 Å². The van der Waals surface area contributed by atoms with Gasteiger partial charge in [-0.2, -0.15) is 0 Å². The zero-order chi connectivity index (χ0) is 15.1. The average molecular weight is 290 g/mol. The summed E-state index contributed by atoms with van der Waals surface area (Å²) in [5.41, 5.74) is 1.03. The molecule has 0 spiro atoms. The van der Waals surface area contributed by atoms with Crippen molar-refractivity contribution in [3.63, 3.8) is 0 Å². The molecule has 1 aliphatic heterocycles. The maximum absolute atomic E-state index is 12.8. The number of rotatable bonds is 3. The number of hydrogen-bond acceptors (Lipinski definition) is 3. The summed E-state index contributed by atoms with van der Waals surface area (Å²) in [6, 6.07) is 1.58. The molecule has 0 radical (unpaired) electrons. The van der Waals surface area contributed by atoms with Crippen LogP contribution >= 0.6 is 0 Å². The first-order valence-electron chi connectivity index (χ1n) is 7.64. The monoisotopic (exact) mass is 290 g/mol. The molecular formula is C16H22N2O3. The smallest absolute Gasteiger partial charge is 0.245 e. The third-order valence-electron chi connectivity index (χ3n) is 4.54. The van der Waals surface area contributed by atoms with E-state index in [0.717, 1.165) is 29.9 Å². The lowest BCUT2D eigenvalue weighted by Gasteiger charge is -2.30. The topological polar surface area (TPSA) is 62.6 Å². The molecule has 2 aliphatic rings. The second-order valence-corrected chi connectivity index (χ2v) is 6.21. The van der Waals surface area contributed by atoms with Gasteiger partial charge < -0.3 is 14.6 Å². The fourth-order valence-corrected chi connectivity index (χ4v) is 3.18. The first-order chi connectivity index (χ1) is 9.97. The third kappa shape index (κ3) is 2.69. The Morgan fingerprint density at radius 2 is 2.05 bits per heavy atom. The van der Waals surface area contributed by atoms with Gasteiger partial charge in [-0.1, -0.05) is 0 Å². The Hall–Kier alpha value is -1.78. The van der Waals surface area contributed by atoms with E-state index in [-0.39, 0.29) is 23.9 Å². The van der Waals surface area contributed by atoms with Gasteiger partial charge in [-0.05, 0) is 45.6 Å². The summed E-state index contributed by atoms with van der Waals surface area (Å²) < 4.78 is 5.58. The molecule has 2 heterocycles. The van der Waals surface area contributed by atoms with Crippen LogP contribution in [0.1, 0.15) is 49.3 Å². The number of amides is 2. The second kappa shape index (κ2) is 5.20. The summed E-state index contributed by atoms with van der Waals surface area (Å²) >= 11 is 0. The molecule has 5 heteroatoms. The lowest BCUT2D eigenvalue weighted by atomic mass is 10.1. The van der Waals surface area contributed by atoms with Crippen molar-refractivity contribution in [2.45, 2.75) is 52.1 Å². The van der Waals surface area contributed by atoms with Crippen molar-refractivity contribution >= 4 is 11.8 Å². The highest BCUT2D eigenvalue weighted by molar-refractivity contribution is 5.90. The lowest BCUT2D eigenvalue weighted by molar-refractivity contribution is -0.136. The van der Waals surface area contributed by atoms with E-state index in [1.165, 1.54) is 0 Å². The Balaban J connectivity index is 1.86. The molecule has 1 aromatic rings. The van der Waals surface area contributed by atoms with Gasteiger partial charge in [0.15, 0.2) is 0 Å². The highest BCUT2D eigenvalue weighted by Gasteiger charge is 2.42. The van der Waals surface area contributed by atoms with Gasteiger partial charge in [0.1, 0.15) is 17.6 Å². The molecule has 114 valence electrons. The number of nitrogens with zero attached hydrogens (tertiary/aromatic N) is 1. The minimum atomic E-state index is -0.337. The highest BCUT2D eigenvalue weighted by atomic mass is 16.3. The molecule has 5 nitrogen and oxygen atoms in total. The molecule has 2 unspecified atom stereocenters. The van der Waals surface area contributed by atoms with E-state index in [2.05, 4.69) is 5.32 Å². The summed E-state index contributed by atoms with van der Waals surface area (Å²) in [7, 11) is 0. The van der Waals surface area contributed by atoms with Crippen molar-refractivity contribution in [2.75, 3.05) is 6.54 Å². The van der Waals surface area contributed by atoms with Crippen LogP contribution in [0.4, 0.5) is 0 Å². The predicted molar refractivity (Wildman–Crippen MR) is 77.6 cm³/mol. The van der Waals surface area contributed by atoms with Crippen LogP contribution in [0.25, 0.3) is 0 Å². The fourth-order valence-electron chi connectivity index (χ4n) is 3.18. The number of hydrogen-bond donors (Lipinski definition) is 1. The first kappa shape index (κ1) is 14.2. The zero-order valence-corrected chi connectivity index (χ0v) is 12.8. The SMILES string of the molecule is Cc1cc(C(C)N2CCC(=O)NC(C3CC3)C2=O)c(C)o1. The molecule has 1 N–H and O–H groups in total. The second-order valence-electron chi connectivity index (χ2n) is 6.21. The van der Waals surface area contributed by atoms with Crippen LogP contribution < -0.4 is 5.32 Å². The molecule has 1 saturated carbocycles. The molecule has 1 aliphatic carbocycles. The molecule has 21 heavy (non-hydrogen) atoms. The van der Waals surface area contributed by atoms with E-state index in [4.69, 9.17) is 4.42 Å². The van der Waals surface area contributed by atoms with Gasteiger partial charge >= 0.3 is 0 Å². The zero-order valence-electron chi connectivity index (χ0n) is 12.8. The van der Waals surface area contributed by atoms with E-state index in [1.54, 1.807) is 0 Å². The number of carbonyl (C=O) groups excluding carboxylic acids is 2. The summed E-state index contributed by atoms with van der Waals surface area (Å²) in [4.78, 5) is 26.5. The van der Waals surface area contributed by atoms with E-state index >= 15 is 0 Å². The van der Waals surface area contributed by atoms with Crippen LogP contribution in [0.3, 0.4) is 0 Å². The van der Waals surface area contributed by atoms with Crippen LogP contribution in [0, 0.1) is 19.8 Å². The lowest BCUT2D eigenvalue weighted by Crippen LogP contribution is -2.46. The maximum atomic E-state index is 12.8. The third-order valence-corrected chi connectivity index (χ3v) is 4.54. The van der Waals surface area contributed by atoms with Crippen molar-refractivity contribution in [1.29, 1.82) is 0 Å². The molecular weight excluding hydrogens is 268 g/mol. The Labute approximate surface area is 124 Å². The number of carbonyl (C=O) groups is 2. The molecule has 0 aromatic carbocycles. The van der Waals surface area contributed by atoms with Crippen molar-refractivity contribution in [2.24, 2.45) is 5.92 Å². The van der Waals surface area contributed by atoms with Gasteiger partial charge in [0, 0.05) is 18.5 Å². The standard InChI is InChI=1S/C16H22N2O3/c1-9-8-13(11(3)21-9)10(2)18-7-6-14(19)17-15(16(18)20)12-4-5-12/h8,10,12,15H,4-7H2,1-3H3,(H,17,19). The van der Waals surface area contributed by atoms with Gasteiger partial charge in [0.25, 0.3) is 0 Å². The minimum absolute atomic E-state index is 0.0185. The van der Waals surface area contributed by atoms with Crippen molar-refractivity contribution in [3.8, 4) is 0 Å². The van der Waals surface area contributed by atoms with E-state index in [9.17, 15) is 9.59 Å². The molecule has 2 fully saturated rings. The average Bonchev–Trinajstić information content (AvgIpc) is 3.21. The number of furan rings is 1. The van der Waals surface area contributed by atoms with Gasteiger partial charge in [0.2, 0.25) is 11.8 Å². The Bertz CT molecular complexity index is 574. The van der Waals surface area contributed by atoms with Gasteiger partial charge in [-0.25, -0.2) is 0 Å². The van der Waals surface area contributed by atoms with Crippen LogP contribution in [-0.4, -0.2) is 29.3 Å². The Morgan fingerprint density at radius 3 is 2.62 bits per heavy atom. The number of nitrogens with one attached hydrogen (secondary N) is 1. The Kier molecular flexibility index (Phi) is 3.51.